The van der Waals surface area contributed by atoms with Crippen LogP contribution in [0, 0.1) is 6.92 Å². The fraction of sp³-hybridized carbons (Fsp3) is 0.0667. The predicted molar refractivity (Wildman–Crippen MR) is 87.7 cm³/mol. The van der Waals surface area contributed by atoms with Crippen LogP contribution in [0.3, 0.4) is 0 Å². The van der Waals surface area contributed by atoms with Crippen molar-refractivity contribution in [1.82, 2.24) is 5.43 Å². The predicted octanol–water partition coefficient (Wildman–Crippen LogP) is 4.72. The van der Waals surface area contributed by atoms with Gasteiger partial charge in [-0.05, 0) is 30.7 Å². The number of hydrogen-bond acceptors (Lipinski definition) is 2. The van der Waals surface area contributed by atoms with Gasteiger partial charge in [-0.1, -0.05) is 53.0 Å². The van der Waals surface area contributed by atoms with E-state index in [0.29, 0.717) is 26.2 Å². The Kier molecular flexibility index (Phi) is 5.23. The third kappa shape index (κ3) is 3.97. The number of carbonyl (C=O) groups is 1. The molecule has 0 aromatic heterocycles. The summed E-state index contributed by atoms with van der Waals surface area (Å²) in [6.07, 6.45) is 1.43. The van der Waals surface area contributed by atoms with Crippen LogP contribution in [0.4, 0.5) is 0 Å². The summed E-state index contributed by atoms with van der Waals surface area (Å²) in [6.45, 7) is 1.86. The van der Waals surface area contributed by atoms with E-state index in [0.717, 1.165) is 5.56 Å². The molecule has 0 radical (unpaired) electrons. The summed E-state index contributed by atoms with van der Waals surface area (Å²) < 4.78 is 0. The molecule has 2 rings (SSSR count). The van der Waals surface area contributed by atoms with E-state index >= 15 is 0 Å². The van der Waals surface area contributed by atoms with Gasteiger partial charge in [-0.2, -0.15) is 5.10 Å². The first-order valence-corrected chi connectivity index (χ1v) is 7.16. The number of hydrazone groups is 1. The first kappa shape index (κ1) is 15.8. The molecule has 0 atom stereocenters. The highest BCUT2D eigenvalue weighted by Crippen LogP contribution is 2.24. The van der Waals surface area contributed by atoms with Gasteiger partial charge in [-0.15, -0.1) is 0 Å². The summed E-state index contributed by atoms with van der Waals surface area (Å²) in [5, 5.41) is 5.21. The Labute approximate surface area is 137 Å². The third-order valence-corrected chi connectivity index (χ3v) is 4.03. The largest absolute Gasteiger partial charge is 0.271 e. The molecule has 2 aromatic rings. The van der Waals surface area contributed by atoms with Gasteiger partial charge in [-0.25, -0.2) is 5.43 Å². The van der Waals surface area contributed by atoms with Gasteiger partial charge in [0.05, 0.1) is 16.3 Å². The van der Waals surface area contributed by atoms with Crippen LogP contribution in [0.25, 0.3) is 0 Å². The van der Waals surface area contributed by atoms with Crippen molar-refractivity contribution in [1.29, 1.82) is 0 Å². The quantitative estimate of drug-likeness (QED) is 0.637. The zero-order valence-corrected chi connectivity index (χ0v) is 13.3. The number of halogens is 3. The Bertz CT molecular complexity index is 714. The monoisotopic (exact) mass is 340 g/mol. The molecule has 0 saturated heterocycles. The molecule has 0 aliphatic heterocycles. The molecule has 0 unspecified atom stereocenters. The normalized spacial score (nSPS) is 10.9. The van der Waals surface area contributed by atoms with Crippen molar-refractivity contribution >= 4 is 46.9 Å². The number of rotatable bonds is 3. The fourth-order valence-electron chi connectivity index (χ4n) is 1.58. The number of nitrogens with one attached hydrogen (secondary N) is 1. The van der Waals surface area contributed by atoms with Crippen molar-refractivity contribution in [3.8, 4) is 0 Å². The maximum Gasteiger partial charge on any atom is 0.271 e. The first-order valence-electron chi connectivity index (χ1n) is 6.02. The van der Waals surface area contributed by atoms with Gasteiger partial charge in [0, 0.05) is 16.1 Å². The molecule has 108 valence electrons. The van der Waals surface area contributed by atoms with E-state index in [-0.39, 0.29) is 5.91 Å². The van der Waals surface area contributed by atoms with Crippen LogP contribution in [0.5, 0.6) is 0 Å². The molecule has 6 heteroatoms. The van der Waals surface area contributed by atoms with Crippen LogP contribution in [-0.2, 0) is 0 Å². The first-order chi connectivity index (χ1) is 9.99. The van der Waals surface area contributed by atoms with E-state index in [2.05, 4.69) is 10.5 Å². The Hall–Kier alpha value is -1.55. The van der Waals surface area contributed by atoms with E-state index in [1.807, 2.05) is 6.92 Å². The van der Waals surface area contributed by atoms with Crippen LogP contribution in [0.2, 0.25) is 15.1 Å². The van der Waals surface area contributed by atoms with Gasteiger partial charge in [0.1, 0.15) is 0 Å². The molecule has 1 N–H and O–H groups in total. The fourth-order valence-corrected chi connectivity index (χ4v) is 2.12. The second-order valence-corrected chi connectivity index (χ2v) is 5.50. The number of nitrogens with zero attached hydrogens (tertiary/aromatic N) is 1. The molecule has 0 heterocycles. The number of aryl methyl sites for hydroxylation is 1. The lowest BCUT2D eigenvalue weighted by Crippen LogP contribution is -2.17. The summed E-state index contributed by atoms with van der Waals surface area (Å²) in [6, 6.07) is 10.2. The molecular weight excluding hydrogens is 331 g/mol. The van der Waals surface area contributed by atoms with Crippen molar-refractivity contribution in [3.05, 3.63) is 68.2 Å². The number of hydrogen-bond donors (Lipinski definition) is 1. The smallest absolute Gasteiger partial charge is 0.267 e. The SMILES string of the molecule is Cc1ccc(C(=O)N/N=C/c2cccc(Cl)c2Cl)cc1Cl. The molecule has 0 aliphatic rings. The molecule has 0 spiro atoms. The van der Waals surface area contributed by atoms with Gasteiger partial charge >= 0.3 is 0 Å². The molecule has 0 saturated carbocycles. The summed E-state index contributed by atoms with van der Waals surface area (Å²) in [4.78, 5) is 11.9. The Morgan fingerprint density at radius 1 is 1.14 bits per heavy atom. The molecule has 0 aliphatic carbocycles. The summed E-state index contributed by atoms with van der Waals surface area (Å²) in [5.41, 5.74) is 4.36. The van der Waals surface area contributed by atoms with Gasteiger partial charge in [-0.3, -0.25) is 4.79 Å². The maximum absolute atomic E-state index is 11.9. The minimum absolute atomic E-state index is 0.355. The second-order valence-electron chi connectivity index (χ2n) is 4.31. The second kappa shape index (κ2) is 6.94. The average molecular weight is 342 g/mol. The van der Waals surface area contributed by atoms with Crippen LogP contribution in [0.1, 0.15) is 21.5 Å². The topological polar surface area (TPSA) is 41.5 Å². The van der Waals surface area contributed by atoms with Gasteiger partial charge in [0.25, 0.3) is 5.91 Å². The maximum atomic E-state index is 11.9. The van der Waals surface area contributed by atoms with Gasteiger partial charge in [0.2, 0.25) is 0 Å². The highest BCUT2D eigenvalue weighted by Gasteiger charge is 2.06. The minimum Gasteiger partial charge on any atom is -0.267 e. The Morgan fingerprint density at radius 3 is 2.62 bits per heavy atom. The zero-order chi connectivity index (χ0) is 15.4. The number of benzene rings is 2. The minimum atomic E-state index is -0.355. The van der Waals surface area contributed by atoms with Crippen molar-refractivity contribution in [2.24, 2.45) is 5.10 Å². The molecule has 0 fully saturated rings. The number of carbonyl (C=O) groups excluding carboxylic acids is 1. The molecule has 0 bridgehead atoms. The molecule has 2 aromatic carbocycles. The van der Waals surface area contributed by atoms with Crippen molar-refractivity contribution < 1.29 is 4.79 Å². The van der Waals surface area contributed by atoms with Crippen LogP contribution in [0.15, 0.2) is 41.5 Å². The lowest BCUT2D eigenvalue weighted by Gasteiger charge is -2.03. The van der Waals surface area contributed by atoms with E-state index in [4.69, 9.17) is 34.8 Å². The van der Waals surface area contributed by atoms with Crippen LogP contribution in [-0.4, -0.2) is 12.1 Å². The van der Waals surface area contributed by atoms with Crippen molar-refractivity contribution in [2.75, 3.05) is 0 Å². The summed E-state index contributed by atoms with van der Waals surface area (Å²) in [7, 11) is 0. The summed E-state index contributed by atoms with van der Waals surface area (Å²) in [5.74, 6) is -0.355. The average Bonchev–Trinajstić information content (AvgIpc) is 2.46. The van der Waals surface area contributed by atoms with Crippen molar-refractivity contribution in [3.63, 3.8) is 0 Å². The van der Waals surface area contributed by atoms with E-state index in [9.17, 15) is 4.79 Å². The lowest BCUT2D eigenvalue weighted by molar-refractivity contribution is 0.0955. The highest BCUT2D eigenvalue weighted by atomic mass is 35.5. The van der Waals surface area contributed by atoms with E-state index in [1.54, 1.807) is 36.4 Å². The summed E-state index contributed by atoms with van der Waals surface area (Å²) >= 11 is 17.9. The molecule has 3 nitrogen and oxygen atoms in total. The lowest BCUT2D eigenvalue weighted by atomic mass is 10.1. The van der Waals surface area contributed by atoms with Gasteiger partial charge in [0.15, 0.2) is 0 Å². The Morgan fingerprint density at radius 2 is 1.90 bits per heavy atom. The van der Waals surface area contributed by atoms with Gasteiger partial charge < -0.3 is 0 Å². The van der Waals surface area contributed by atoms with E-state index < -0.39 is 0 Å². The molecule has 21 heavy (non-hydrogen) atoms. The molecular formula is C15H11Cl3N2O. The number of amides is 1. The standard InChI is InChI=1S/C15H11Cl3N2O/c1-9-5-6-10(7-13(9)17)15(21)20-19-8-11-3-2-4-12(16)14(11)18/h2-8H,1H3,(H,20,21)/b19-8+. The van der Waals surface area contributed by atoms with Crippen molar-refractivity contribution in [2.45, 2.75) is 6.92 Å². The van der Waals surface area contributed by atoms with Crippen LogP contribution >= 0.6 is 34.8 Å². The highest BCUT2D eigenvalue weighted by molar-refractivity contribution is 6.43. The third-order valence-electron chi connectivity index (χ3n) is 2.79. The molecule has 1 amide bonds. The Balaban J connectivity index is 2.08. The van der Waals surface area contributed by atoms with E-state index in [1.165, 1.54) is 6.21 Å². The zero-order valence-electron chi connectivity index (χ0n) is 11.0. The van der Waals surface area contributed by atoms with Crippen LogP contribution < -0.4 is 5.43 Å².